The Morgan fingerprint density at radius 3 is 2.43 bits per heavy atom. The summed E-state index contributed by atoms with van der Waals surface area (Å²) in [6.07, 6.45) is 1.58. The van der Waals surface area contributed by atoms with Crippen molar-refractivity contribution in [3.05, 3.63) is 95.4 Å². The van der Waals surface area contributed by atoms with E-state index in [9.17, 15) is 9.59 Å². The van der Waals surface area contributed by atoms with Crippen LogP contribution in [-0.2, 0) is 16.0 Å². The number of carbonyl (C=O) groups is 2. The van der Waals surface area contributed by atoms with Crippen LogP contribution in [0.3, 0.4) is 0 Å². The van der Waals surface area contributed by atoms with Gasteiger partial charge in [-0.1, -0.05) is 30.3 Å². The van der Waals surface area contributed by atoms with Gasteiger partial charge in [0.25, 0.3) is 0 Å². The van der Waals surface area contributed by atoms with Crippen molar-refractivity contribution in [1.82, 2.24) is 25.1 Å². The molecule has 0 radical (unpaired) electrons. The van der Waals surface area contributed by atoms with Crippen molar-refractivity contribution in [1.29, 1.82) is 0 Å². The highest BCUT2D eigenvalue weighted by molar-refractivity contribution is 5.98. The smallest absolute Gasteiger partial charge is 0.425 e. The Morgan fingerprint density at radius 2 is 1.72 bits per heavy atom. The van der Waals surface area contributed by atoms with Gasteiger partial charge < -0.3 is 24.8 Å². The molecule has 0 unspecified atom stereocenters. The number of aromatic nitrogens is 2. The molecule has 0 spiro atoms. The van der Waals surface area contributed by atoms with Crippen LogP contribution >= 0.6 is 0 Å². The topological polar surface area (TPSA) is 121 Å². The molecular weight excluding hydrogens is 677 g/mol. The molecule has 12 nitrogen and oxygen atoms in total. The molecule has 4 aromatic rings. The molecule has 1 fully saturated rings. The van der Waals surface area contributed by atoms with E-state index in [1.165, 1.54) is 17.2 Å². The number of nitrogens with zero attached hydrogens (tertiary/aromatic N) is 5. The maximum Gasteiger partial charge on any atom is 0.425 e. The van der Waals surface area contributed by atoms with Crippen LogP contribution in [0.2, 0.25) is 0 Å². The summed E-state index contributed by atoms with van der Waals surface area (Å²) in [6.45, 7) is 14.2. The average molecular weight is 728 g/mol. The second-order valence-corrected chi connectivity index (χ2v) is 13.3. The van der Waals surface area contributed by atoms with Crippen molar-refractivity contribution in [2.24, 2.45) is 0 Å². The van der Waals surface area contributed by atoms with Gasteiger partial charge in [-0.3, -0.25) is 14.6 Å². The second kappa shape index (κ2) is 19.1. The van der Waals surface area contributed by atoms with E-state index >= 15 is 4.39 Å². The number of para-hydroxylation sites is 1. The van der Waals surface area contributed by atoms with Crippen LogP contribution in [0.5, 0.6) is 11.5 Å². The van der Waals surface area contributed by atoms with E-state index in [-0.39, 0.29) is 29.8 Å². The zero-order chi connectivity index (χ0) is 37.7. The minimum atomic E-state index is -0.684. The van der Waals surface area contributed by atoms with Gasteiger partial charge in [-0.05, 0) is 75.1 Å². The molecule has 0 saturated carbocycles. The van der Waals surface area contributed by atoms with Gasteiger partial charge in [-0.2, -0.15) is 4.98 Å². The van der Waals surface area contributed by atoms with Crippen molar-refractivity contribution in [2.45, 2.75) is 46.6 Å². The molecule has 0 atom stereocenters. The van der Waals surface area contributed by atoms with E-state index < -0.39 is 11.9 Å². The van der Waals surface area contributed by atoms with Crippen molar-refractivity contribution in [2.75, 3.05) is 69.8 Å². The van der Waals surface area contributed by atoms with Crippen molar-refractivity contribution < 1.29 is 28.2 Å². The van der Waals surface area contributed by atoms with Crippen LogP contribution in [0.25, 0.3) is 0 Å². The third kappa shape index (κ3) is 11.2. The van der Waals surface area contributed by atoms with Crippen molar-refractivity contribution >= 4 is 35.1 Å². The molecule has 2 heterocycles. The van der Waals surface area contributed by atoms with E-state index in [0.29, 0.717) is 49.3 Å². The number of benzene rings is 3. The van der Waals surface area contributed by atoms with E-state index in [1.807, 2.05) is 38.1 Å². The number of aryl methyl sites for hydroxylation is 3. The van der Waals surface area contributed by atoms with Crippen LogP contribution in [0.1, 0.15) is 37.0 Å². The minimum absolute atomic E-state index is 0.0901. The number of halogens is 1. The zero-order valence-corrected chi connectivity index (χ0v) is 31.2. The van der Waals surface area contributed by atoms with Crippen molar-refractivity contribution in [3.8, 4) is 11.5 Å². The number of methoxy groups -OCH3 is 1. The third-order valence-electron chi connectivity index (χ3n) is 9.08. The molecule has 1 saturated heterocycles. The Hall–Kier alpha value is -5.11. The predicted molar refractivity (Wildman–Crippen MR) is 204 cm³/mol. The summed E-state index contributed by atoms with van der Waals surface area (Å²) in [4.78, 5) is 41.4. The fourth-order valence-corrected chi connectivity index (χ4v) is 6.15. The highest BCUT2D eigenvalue weighted by Crippen LogP contribution is 2.33. The number of anilines is 4. The lowest BCUT2D eigenvalue weighted by Crippen LogP contribution is -2.49. The first kappa shape index (κ1) is 39.1. The Bertz CT molecular complexity index is 1810. The lowest BCUT2D eigenvalue weighted by Gasteiger charge is -2.36. The molecule has 3 aromatic carbocycles. The maximum atomic E-state index is 15.1. The fourth-order valence-electron chi connectivity index (χ4n) is 6.15. The first-order valence-corrected chi connectivity index (χ1v) is 18.0. The summed E-state index contributed by atoms with van der Waals surface area (Å²) in [5, 5.41) is 5.86. The van der Waals surface area contributed by atoms with Crippen LogP contribution in [0, 0.1) is 19.7 Å². The summed E-state index contributed by atoms with van der Waals surface area (Å²) in [5.41, 5.74) is 3.54. The summed E-state index contributed by atoms with van der Waals surface area (Å²) in [5.74, 6) is 0.305. The lowest BCUT2D eigenvalue weighted by atomic mass is 10.1. The summed E-state index contributed by atoms with van der Waals surface area (Å²) < 4.78 is 31.8. The number of nitrogens with one attached hydrogen (secondary N) is 2. The molecule has 53 heavy (non-hydrogen) atoms. The zero-order valence-electron chi connectivity index (χ0n) is 31.2. The Kier molecular flexibility index (Phi) is 14.1. The largest absolute Gasteiger partial charge is 0.489 e. The first-order valence-electron chi connectivity index (χ1n) is 18.0. The highest BCUT2D eigenvalue weighted by Gasteiger charge is 2.26. The van der Waals surface area contributed by atoms with Gasteiger partial charge >= 0.3 is 6.09 Å². The number of hydrogen-bond acceptors (Lipinski definition) is 10. The fraction of sp³-hybridized carbons (Fsp3) is 0.400. The highest BCUT2D eigenvalue weighted by atomic mass is 19.1. The summed E-state index contributed by atoms with van der Waals surface area (Å²) in [7, 11) is 1.58. The van der Waals surface area contributed by atoms with E-state index in [0.717, 1.165) is 49.4 Å². The standard InChI is InChI=1S/C40H50FN7O5/c1-28(2)47-21-19-46(20-22-47)23-25-52-35-14-13-32(27-34(35)41)44-39-43-17-16-36(45-39)48(38-29(3)8-6-9-30(38)4)40(50)53-33-11-7-10-31(26-33)12-15-37(49)42-18-24-51-5/h6-11,13-14,16-17,26-28H,12,15,18-25H2,1-5H3,(H,42,49)(H,43,44,45). The Labute approximate surface area is 311 Å². The lowest BCUT2D eigenvalue weighted by molar-refractivity contribution is -0.121. The number of amides is 2. The summed E-state index contributed by atoms with van der Waals surface area (Å²) in [6, 6.07) is 19.6. The van der Waals surface area contributed by atoms with Gasteiger partial charge in [0.1, 0.15) is 18.2 Å². The number of ether oxygens (including phenoxy) is 3. The van der Waals surface area contributed by atoms with Crippen LogP contribution in [0.4, 0.5) is 32.3 Å². The van der Waals surface area contributed by atoms with Crippen LogP contribution in [0.15, 0.2) is 72.9 Å². The molecule has 5 rings (SSSR count). The molecule has 1 aliphatic rings. The van der Waals surface area contributed by atoms with Crippen molar-refractivity contribution in [3.63, 3.8) is 0 Å². The Morgan fingerprint density at radius 1 is 0.962 bits per heavy atom. The average Bonchev–Trinajstić information content (AvgIpc) is 3.14. The molecular formula is C40H50FN7O5. The van der Waals surface area contributed by atoms with Crippen LogP contribution < -0.4 is 25.0 Å². The summed E-state index contributed by atoms with van der Waals surface area (Å²) >= 11 is 0. The van der Waals surface area contributed by atoms with Gasteiger partial charge in [-0.15, -0.1) is 0 Å². The monoisotopic (exact) mass is 727 g/mol. The molecule has 2 N–H and O–H groups in total. The molecule has 1 aliphatic heterocycles. The van der Waals surface area contributed by atoms with E-state index in [4.69, 9.17) is 14.2 Å². The molecule has 13 heteroatoms. The molecule has 282 valence electrons. The number of hydrogen-bond donors (Lipinski definition) is 2. The maximum absolute atomic E-state index is 15.1. The first-order chi connectivity index (χ1) is 25.6. The molecule has 0 bridgehead atoms. The predicted octanol–water partition coefficient (Wildman–Crippen LogP) is 6.41. The third-order valence-corrected chi connectivity index (χ3v) is 9.08. The Balaban J connectivity index is 1.26. The van der Waals surface area contributed by atoms with Gasteiger partial charge in [0.2, 0.25) is 11.9 Å². The SMILES string of the molecule is COCCNC(=O)CCc1cccc(OC(=O)N(c2ccnc(Nc3ccc(OCCN4CCN(C(C)C)CC4)c(F)c3)n2)c2c(C)cccc2C)c1. The molecule has 2 amide bonds. The number of piperazine rings is 1. The van der Waals surface area contributed by atoms with E-state index in [1.54, 1.807) is 43.5 Å². The van der Waals surface area contributed by atoms with Gasteiger partial charge in [0, 0.05) is 82.9 Å². The second-order valence-electron chi connectivity index (χ2n) is 13.3. The number of rotatable bonds is 16. The van der Waals surface area contributed by atoms with Gasteiger partial charge in [0.15, 0.2) is 11.6 Å². The van der Waals surface area contributed by atoms with Gasteiger partial charge in [-0.25, -0.2) is 19.1 Å². The quantitative estimate of drug-likeness (QED) is 0.125. The normalized spacial score (nSPS) is 13.5. The van der Waals surface area contributed by atoms with Gasteiger partial charge in [0.05, 0.1) is 12.3 Å². The molecule has 1 aromatic heterocycles. The molecule has 0 aliphatic carbocycles. The van der Waals surface area contributed by atoms with Crippen LogP contribution in [-0.4, -0.2) is 97.4 Å². The van der Waals surface area contributed by atoms with E-state index in [2.05, 4.69) is 44.2 Å². The minimum Gasteiger partial charge on any atom is -0.489 e. The number of carbonyl (C=O) groups excluding carboxylic acids is 2.